The SMILES string of the molecule is O=c1[nH]nc(NC2CC2c2ccccc2)c(=O)[nH]1. The first-order valence-corrected chi connectivity index (χ1v) is 5.74. The van der Waals surface area contributed by atoms with Crippen LogP contribution in [0.25, 0.3) is 0 Å². The lowest BCUT2D eigenvalue weighted by molar-refractivity contribution is 0.877. The van der Waals surface area contributed by atoms with Crippen molar-refractivity contribution in [2.75, 3.05) is 5.32 Å². The van der Waals surface area contributed by atoms with Crippen LogP contribution in [0, 0.1) is 0 Å². The van der Waals surface area contributed by atoms with Gasteiger partial charge in [0.05, 0.1) is 0 Å². The van der Waals surface area contributed by atoms with Crippen molar-refractivity contribution >= 4 is 5.82 Å². The van der Waals surface area contributed by atoms with E-state index in [0.717, 1.165) is 6.42 Å². The van der Waals surface area contributed by atoms with Crippen molar-refractivity contribution in [2.24, 2.45) is 0 Å². The molecule has 3 N–H and O–H groups in total. The van der Waals surface area contributed by atoms with Gasteiger partial charge in [-0.25, -0.2) is 9.89 Å². The average molecular weight is 244 g/mol. The second-order valence-corrected chi connectivity index (χ2v) is 4.36. The van der Waals surface area contributed by atoms with Crippen molar-refractivity contribution in [1.82, 2.24) is 15.2 Å². The van der Waals surface area contributed by atoms with Crippen LogP contribution in [0.4, 0.5) is 5.82 Å². The van der Waals surface area contributed by atoms with Gasteiger partial charge in [-0.2, -0.15) is 0 Å². The van der Waals surface area contributed by atoms with Crippen LogP contribution in [-0.4, -0.2) is 21.2 Å². The number of nitrogens with zero attached hydrogens (tertiary/aromatic N) is 1. The molecule has 3 rings (SSSR count). The number of nitrogens with one attached hydrogen (secondary N) is 3. The number of anilines is 1. The van der Waals surface area contributed by atoms with Crippen LogP contribution in [0.1, 0.15) is 17.9 Å². The molecular weight excluding hydrogens is 232 g/mol. The van der Waals surface area contributed by atoms with Crippen LogP contribution >= 0.6 is 0 Å². The van der Waals surface area contributed by atoms with Crippen molar-refractivity contribution in [1.29, 1.82) is 0 Å². The molecule has 1 heterocycles. The Balaban J connectivity index is 1.73. The van der Waals surface area contributed by atoms with Crippen LogP contribution < -0.4 is 16.6 Å². The molecular formula is C12H12N4O2. The molecule has 6 nitrogen and oxygen atoms in total. The third-order valence-corrected chi connectivity index (χ3v) is 3.05. The molecule has 2 atom stereocenters. The van der Waals surface area contributed by atoms with Gasteiger partial charge in [0.15, 0.2) is 0 Å². The average Bonchev–Trinajstić information content (AvgIpc) is 3.13. The minimum Gasteiger partial charge on any atom is -0.361 e. The molecule has 2 aromatic rings. The molecule has 0 spiro atoms. The lowest BCUT2D eigenvalue weighted by atomic mass is 10.1. The number of hydrogen-bond acceptors (Lipinski definition) is 4. The topological polar surface area (TPSA) is 90.6 Å². The van der Waals surface area contributed by atoms with Gasteiger partial charge in [0.1, 0.15) is 0 Å². The van der Waals surface area contributed by atoms with E-state index in [2.05, 4.69) is 32.6 Å². The maximum Gasteiger partial charge on any atom is 0.342 e. The quantitative estimate of drug-likeness (QED) is 0.730. The van der Waals surface area contributed by atoms with Crippen LogP contribution in [0.5, 0.6) is 0 Å². The second-order valence-electron chi connectivity index (χ2n) is 4.36. The maximum absolute atomic E-state index is 11.4. The zero-order chi connectivity index (χ0) is 12.5. The first kappa shape index (κ1) is 10.8. The van der Waals surface area contributed by atoms with Gasteiger partial charge >= 0.3 is 5.69 Å². The highest BCUT2D eigenvalue weighted by Crippen LogP contribution is 2.41. The molecule has 18 heavy (non-hydrogen) atoms. The largest absolute Gasteiger partial charge is 0.361 e. The van der Waals surface area contributed by atoms with E-state index in [-0.39, 0.29) is 11.9 Å². The van der Waals surface area contributed by atoms with Crippen LogP contribution in [-0.2, 0) is 0 Å². The molecule has 0 aliphatic heterocycles. The van der Waals surface area contributed by atoms with Gasteiger partial charge in [0, 0.05) is 12.0 Å². The van der Waals surface area contributed by atoms with Crippen molar-refractivity contribution in [3.63, 3.8) is 0 Å². The monoisotopic (exact) mass is 244 g/mol. The van der Waals surface area contributed by atoms with E-state index in [1.54, 1.807) is 0 Å². The van der Waals surface area contributed by atoms with E-state index in [0.29, 0.717) is 5.92 Å². The Morgan fingerprint density at radius 2 is 2.00 bits per heavy atom. The van der Waals surface area contributed by atoms with E-state index in [9.17, 15) is 9.59 Å². The summed E-state index contributed by atoms with van der Waals surface area (Å²) in [6.45, 7) is 0. The van der Waals surface area contributed by atoms with Crippen molar-refractivity contribution in [3.05, 3.63) is 56.7 Å². The third kappa shape index (κ3) is 2.04. The maximum atomic E-state index is 11.4. The minimum atomic E-state index is -0.596. The highest BCUT2D eigenvalue weighted by Gasteiger charge is 2.38. The summed E-state index contributed by atoms with van der Waals surface area (Å²) in [5, 5.41) is 8.93. The van der Waals surface area contributed by atoms with Gasteiger partial charge in [0.25, 0.3) is 5.56 Å². The number of benzene rings is 1. The summed E-state index contributed by atoms with van der Waals surface area (Å²) in [6.07, 6.45) is 0.963. The lowest BCUT2D eigenvalue weighted by Gasteiger charge is -2.03. The molecule has 92 valence electrons. The third-order valence-electron chi connectivity index (χ3n) is 3.05. The van der Waals surface area contributed by atoms with E-state index in [1.807, 2.05) is 18.2 Å². The van der Waals surface area contributed by atoms with Gasteiger partial charge in [0.2, 0.25) is 5.82 Å². The first-order valence-electron chi connectivity index (χ1n) is 5.74. The molecule has 1 aromatic heterocycles. The molecule has 0 radical (unpaired) electrons. The minimum absolute atomic E-state index is 0.165. The Bertz CT molecular complexity index is 662. The molecule has 1 aliphatic carbocycles. The van der Waals surface area contributed by atoms with Gasteiger partial charge in [-0.15, -0.1) is 5.10 Å². The normalized spacial score (nSPS) is 21.6. The fourth-order valence-corrected chi connectivity index (χ4v) is 2.04. The summed E-state index contributed by atoms with van der Waals surface area (Å²) >= 11 is 0. The van der Waals surface area contributed by atoms with E-state index >= 15 is 0 Å². The number of rotatable bonds is 3. The molecule has 1 fully saturated rings. The summed E-state index contributed by atoms with van der Waals surface area (Å²) < 4.78 is 0. The van der Waals surface area contributed by atoms with Gasteiger partial charge in [-0.1, -0.05) is 30.3 Å². The highest BCUT2D eigenvalue weighted by molar-refractivity contribution is 5.39. The Labute approximate surface area is 102 Å². The standard InChI is InChI=1S/C12H12N4O2/c17-11-10(15-16-12(18)14-11)13-9-6-8(9)7-4-2-1-3-5-7/h1-5,8-9H,6H2,(H,13,15)(H2,14,16,17,18). The molecule has 1 aliphatic rings. The predicted molar refractivity (Wildman–Crippen MR) is 66.7 cm³/mol. The molecule has 1 aromatic carbocycles. The number of hydrogen-bond donors (Lipinski definition) is 3. The Kier molecular flexibility index (Phi) is 2.47. The number of H-pyrrole nitrogens is 2. The summed E-state index contributed by atoms with van der Waals surface area (Å²) in [5.74, 6) is 0.567. The van der Waals surface area contributed by atoms with Crippen molar-refractivity contribution in [2.45, 2.75) is 18.4 Å². The smallest absolute Gasteiger partial charge is 0.342 e. The van der Waals surface area contributed by atoms with Crippen LogP contribution in [0.3, 0.4) is 0 Å². The first-order chi connectivity index (χ1) is 8.74. The lowest BCUT2D eigenvalue weighted by Crippen LogP contribution is -2.27. The molecule has 1 saturated carbocycles. The highest BCUT2D eigenvalue weighted by atomic mass is 16.2. The summed E-state index contributed by atoms with van der Waals surface area (Å²) in [4.78, 5) is 24.4. The second kappa shape index (κ2) is 4.14. The molecule has 2 unspecified atom stereocenters. The Hall–Kier alpha value is -2.37. The summed E-state index contributed by atoms with van der Waals surface area (Å²) in [5.41, 5.74) is 0.161. The zero-order valence-corrected chi connectivity index (χ0v) is 9.51. The zero-order valence-electron chi connectivity index (χ0n) is 9.51. The molecule has 0 saturated heterocycles. The molecule has 6 heteroatoms. The molecule has 0 bridgehead atoms. The fraction of sp³-hybridized carbons (Fsp3) is 0.250. The summed E-state index contributed by atoms with van der Waals surface area (Å²) in [7, 11) is 0. The fourth-order valence-electron chi connectivity index (χ4n) is 2.04. The molecule has 0 amide bonds. The van der Waals surface area contributed by atoms with E-state index < -0.39 is 11.2 Å². The van der Waals surface area contributed by atoms with Crippen LogP contribution in [0.15, 0.2) is 39.9 Å². The summed E-state index contributed by atoms with van der Waals surface area (Å²) in [6, 6.07) is 10.3. The van der Waals surface area contributed by atoms with Gasteiger partial charge in [-0.05, 0) is 12.0 Å². The van der Waals surface area contributed by atoms with E-state index in [1.165, 1.54) is 5.56 Å². The predicted octanol–water partition coefficient (Wildman–Crippen LogP) is 0.426. The van der Waals surface area contributed by atoms with Crippen LogP contribution in [0.2, 0.25) is 0 Å². The number of aromatic amines is 2. The van der Waals surface area contributed by atoms with Crippen molar-refractivity contribution in [3.8, 4) is 0 Å². The Morgan fingerprint density at radius 3 is 2.72 bits per heavy atom. The van der Waals surface area contributed by atoms with E-state index in [4.69, 9.17) is 0 Å². The van der Waals surface area contributed by atoms with Gasteiger partial charge < -0.3 is 5.32 Å². The Morgan fingerprint density at radius 1 is 1.22 bits per heavy atom. The number of aromatic nitrogens is 3. The van der Waals surface area contributed by atoms with Crippen molar-refractivity contribution < 1.29 is 0 Å². The van der Waals surface area contributed by atoms with Gasteiger partial charge in [-0.3, -0.25) is 9.78 Å².